The van der Waals surface area contributed by atoms with E-state index in [-0.39, 0.29) is 0 Å². The van der Waals surface area contributed by atoms with Crippen LogP contribution in [-0.2, 0) is 0 Å². The summed E-state index contributed by atoms with van der Waals surface area (Å²) in [7, 11) is 0. The van der Waals surface area contributed by atoms with Crippen molar-refractivity contribution < 1.29 is 4.42 Å². The molecule has 0 unspecified atom stereocenters. The molecule has 57 heavy (non-hydrogen) atoms. The number of oxazole rings is 1. The zero-order valence-electron chi connectivity index (χ0n) is 30.8. The Morgan fingerprint density at radius 1 is 0.421 bits per heavy atom. The molecule has 0 radical (unpaired) electrons. The van der Waals surface area contributed by atoms with Gasteiger partial charge in [0.25, 0.3) is 0 Å². The van der Waals surface area contributed by atoms with Gasteiger partial charge in [0, 0.05) is 42.7 Å². The molecular formula is C53H34N2OS. The van der Waals surface area contributed by atoms with Crippen molar-refractivity contribution in [1.29, 1.82) is 0 Å². The lowest BCUT2D eigenvalue weighted by atomic mass is 9.97. The van der Waals surface area contributed by atoms with Crippen molar-refractivity contribution in [3.05, 3.63) is 206 Å². The van der Waals surface area contributed by atoms with E-state index >= 15 is 0 Å². The summed E-state index contributed by atoms with van der Waals surface area (Å²) in [6.45, 7) is 0. The largest absolute Gasteiger partial charge is 0.436 e. The van der Waals surface area contributed by atoms with Gasteiger partial charge in [0.1, 0.15) is 5.52 Å². The molecular weight excluding hydrogens is 713 g/mol. The highest BCUT2D eigenvalue weighted by Crippen LogP contribution is 2.44. The Morgan fingerprint density at radius 2 is 1.04 bits per heavy atom. The van der Waals surface area contributed by atoms with Crippen LogP contribution < -0.4 is 4.90 Å². The van der Waals surface area contributed by atoms with Crippen LogP contribution in [0.25, 0.3) is 86.9 Å². The van der Waals surface area contributed by atoms with Crippen molar-refractivity contribution >= 4 is 70.4 Å². The average Bonchev–Trinajstić information content (AvgIpc) is 3.89. The Balaban J connectivity index is 0.983. The van der Waals surface area contributed by atoms with E-state index in [4.69, 9.17) is 9.40 Å². The lowest BCUT2D eigenvalue weighted by Crippen LogP contribution is -2.11. The lowest BCUT2D eigenvalue weighted by molar-refractivity contribution is 0.620. The van der Waals surface area contributed by atoms with Gasteiger partial charge in [-0.3, -0.25) is 0 Å². The number of hydrogen-bond acceptors (Lipinski definition) is 4. The first-order valence-corrected chi connectivity index (χ1v) is 20.0. The van der Waals surface area contributed by atoms with Crippen LogP contribution >= 0.6 is 11.3 Å². The van der Waals surface area contributed by atoms with Crippen molar-refractivity contribution in [2.45, 2.75) is 0 Å². The molecule has 0 saturated heterocycles. The molecule has 0 aliphatic rings. The summed E-state index contributed by atoms with van der Waals surface area (Å²) >= 11 is 1.80. The Hall–Kier alpha value is -7.27. The van der Waals surface area contributed by atoms with Crippen LogP contribution in [0.2, 0.25) is 0 Å². The van der Waals surface area contributed by atoms with Gasteiger partial charge in [0.05, 0.1) is 5.69 Å². The van der Waals surface area contributed by atoms with E-state index in [2.05, 4.69) is 175 Å². The number of rotatable bonds is 7. The molecule has 2 aromatic heterocycles. The zero-order valence-corrected chi connectivity index (χ0v) is 31.7. The predicted molar refractivity (Wildman–Crippen MR) is 241 cm³/mol. The van der Waals surface area contributed by atoms with Gasteiger partial charge in [-0.2, -0.15) is 0 Å². The summed E-state index contributed by atoms with van der Waals surface area (Å²) in [6.07, 6.45) is 0. The Morgan fingerprint density at radius 3 is 1.82 bits per heavy atom. The maximum absolute atomic E-state index is 6.23. The SMILES string of the molecule is c1ccc(-c2nc3c(ccc4sc5cc(-c6ccc(N(c7ccc(-c8cccc9ccccc89)cc7)c7ccccc7-c7ccccc7)cc6)ccc5c43)o2)cc1. The van der Waals surface area contributed by atoms with E-state index in [0.29, 0.717) is 5.89 Å². The van der Waals surface area contributed by atoms with Crippen LogP contribution in [0.5, 0.6) is 0 Å². The van der Waals surface area contributed by atoms with Crippen molar-refractivity contribution in [1.82, 2.24) is 4.98 Å². The second-order valence-corrected chi connectivity index (χ2v) is 15.4. The third-order valence-electron chi connectivity index (χ3n) is 10.9. The summed E-state index contributed by atoms with van der Waals surface area (Å²) in [5, 5.41) is 4.85. The van der Waals surface area contributed by atoms with Crippen molar-refractivity contribution in [3.63, 3.8) is 0 Å². The molecule has 0 saturated carbocycles. The molecule has 0 N–H and O–H groups in total. The highest BCUT2D eigenvalue weighted by molar-refractivity contribution is 7.26. The van der Waals surface area contributed by atoms with E-state index in [0.717, 1.165) is 39.1 Å². The summed E-state index contributed by atoms with van der Waals surface area (Å²) < 4.78 is 8.67. The third-order valence-corrected chi connectivity index (χ3v) is 12.0. The molecule has 9 aromatic carbocycles. The standard InChI is InChI=1S/C53H34N2OS/c1-3-12-37(13-4-1)45-19-9-10-21-47(45)55(42-29-24-38(25-30-42)44-20-11-17-36-14-7-8-18-43(36)44)41-27-22-35(23-28-41)40-26-31-46-50(34-40)57-49-33-32-48-52(51(46)49)54-53(56-48)39-15-5-2-6-16-39/h1-34H. The first kappa shape index (κ1) is 33.1. The fourth-order valence-corrected chi connectivity index (χ4v) is 9.31. The number of para-hydroxylation sites is 1. The Labute approximate surface area is 334 Å². The minimum absolute atomic E-state index is 0.648. The monoisotopic (exact) mass is 746 g/mol. The summed E-state index contributed by atoms with van der Waals surface area (Å²) in [5.41, 5.74) is 13.1. The van der Waals surface area contributed by atoms with Crippen molar-refractivity contribution in [2.24, 2.45) is 0 Å². The molecule has 268 valence electrons. The number of hydrogen-bond donors (Lipinski definition) is 0. The van der Waals surface area contributed by atoms with Gasteiger partial charge in [-0.15, -0.1) is 11.3 Å². The van der Waals surface area contributed by atoms with E-state index in [9.17, 15) is 0 Å². The second kappa shape index (κ2) is 13.8. The van der Waals surface area contributed by atoms with E-state index in [1.807, 2.05) is 36.4 Å². The molecule has 0 amide bonds. The Kier molecular flexibility index (Phi) is 8.01. The number of thiophene rings is 1. The fourth-order valence-electron chi connectivity index (χ4n) is 8.16. The van der Waals surface area contributed by atoms with Crippen LogP contribution in [0.15, 0.2) is 211 Å². The average molecular weight is 747 g/mol. The minimum Gasteiger partial charge on any atom is -0.436 e. The maximum Gasteiger partial charge on any atom is 0.227 e. The van der Waals surface area contributed by atoms with Gasteiger partial charge >= 0.3 is 0 Å². The predicted octanol–water partition coefficient (Wildman–Crippen LogP) is 15.5. The lowest BCUT2D eigenvalue weighted by Gasteiger charge is -2.28. The highest BCUT2D eigenvalue weighted by Gasteiger charge is 2.19. The second-order valence-electron chi connectivity index (χ2n) is 14.3. The molecule has 0 fully saturated rings. The molecule has 0 aliphatic heterocycles. The molecule has 0 atom stereocenters. The third kappa shape index (κ3) is 5.86. The molecule has 0 aliphatic carbocycles. The molecule has 2 heterocycles. The summed E-state index contributed by atoms with van der Waals surface area (Å²) in [5.74, 6) is 0.648. The van der Waals surface area contributed by atoms with E-state index in [1.165, 1.54) is 58.9 Å². The van der Waals surface area contributed by atoms with E-state index < -0.39 is 0 Å². The minimum atomic E-state index is 0.648. The van der Waals surface area contributed by atoms with Crippen LogP contribution in [0.3, 0.4) is 0 Å². The molecule has 4 heteroatoms. The molecule has 0 spiro atoms. The number of aromatic nitrogens is 1. The van der Waals surface area contributed by atoms with Gasteiger partial charge in [0.15, 0.2) is 5.58 Å². The van der Waals surface area contributed by atoms with Gasteiger partial charge in [-0.05, 0) is 99.3 Å². The van der Waals surface area contributed by atoms with Crippen LogP contribution in [0, 0.1) is 0 Å². The first-order valence-electron chi connectivity index (χ1n) is 19.2. The van der Waals surface area contributed by atoms with Crippen LogP contribution in [0.1, 0.15) is 0 Å². The van der Waals surface area contributed by atoms with Crippen LogP contribution in [-0.4, -0.2) is 4.98 Å². The number of benzene rings is 9. The van der Waals surface area contributed by atoms with Crippen molar-refractivity contribution in [2.75, 3.05) is 4.90 Å². The van der Waals surface area contributed by atoms with Gasteiger partial charge < -0.3 is 9.32 Å². The first-order chi connectivity index (χ1) is 28.2. The smallest absolute Gasteiger partial charge is 0.227 e. The van der Waals surface area contributed by atoms with Gasteiger partial charge in [0.2, 0.25) is 5.89 Å². The molecule has 11 rings (SSSR count). The van der Waals surface area contributed by atoms with E-state index in [1.54, 1.807) is 11.3 Å². The van der Waals surface area contributed by atoms with Gasteiger partial charge in [-0.25, -0.2) is 4.98 Å². The number of fused-ring (bicyclic) bond motifs is 6. The molecule has 11 aromatic rings. The highest BCUT2D eigenvalue weighted by atomic mass is 32.1. The summed E-state index contributed by atoms with van der Waals surface area (Å²) in [4.78, 5) is 7.36. The van der Waals surface area contributed by atoms with Gasteiger partial charge in [-0.1, -0.05) is 146 Å². The topological polar surface area (TPSA) is 29.3 Å². The number of nitrogens with zero attached hydrogens (tertiary/aromatic N) is 2. The summed E-state index contributed by atoms with van der Waals surface area (Å²) in [6, 6.07) is 73.5. The number of anilines is 3. The van der Waals surface area contributed by atoms with Crippen LogP contribution in [0.4, 0.5) is 17.1 Å². The molecule has 3 nitrogen and oxygen atoms in total. The fraction of sp³-hybridized carbons (Fsp3) is 0. The Bertz CT molecular complexity index is 3210. The molecule has 0 bridgehead atoms. The quantitative estimate of drug-likeness (QED) is 0.163. The maximum atomic E-state index is 6.23. The zero-order chi connectivity index (χ0) is 37.7. The normalized spacial score (nSPS) is 11.5. The van der Waals surface area contributed by atoms with Crippen molar-refractivity contribution in [3.8, 4) is 44.8 Å².